The second kappa shape index (κ2) is 6.20. The van der Waals surface area contributed by atoms with E-state index in [2.05, 4.69) is 27.0 Å². The molecule has 1 aromatic heterocycles. The van der Waals surface area contributed by atoms with Gasteiger partial charge in [-0.05, 0) is 43.9 Å². The topological polar surface area (TPSA) is 92.9 Å². The Balaban J connectivity index is 1.87. The fourth-order valence-corrected chi connectivity index (χ4v) is 3.88. The van der Waals surface area contributed by atoms with Gasteiger partial charge in [-0.1, -0.05) is 30.7 Å². The fourth-order valence-electron chi connectivity index (χ4n) is 3.88. The van der Waals surface area contributed by atoms with E-state index < -0.39 is 5.66 Å². The van der Waals surface area contributed by atoms with E-state index in [4.69, 9.17) is 16.5 Å². The minimum Gasteiger partial charge on any atom is -0.369 e. The van der Waals surface area contributed by atoms with Crippen LogP contribution in [0.4, 0.5) is 5.69 Å². The number of para-hydroxylation sites is 1. The van der Waals surface area contributed by atoms with Crippen molar-refractivity contribution < 1.29 is 0 Å². The van der Waals surface area contributed by atoms with Gasteiger partial charge in [0.05, 0.1) is 11.4 Å². The Labute approximate surface area is 147 Å². The standard InChI is InChI=1S/C19H22N6/c20-17-23-18(21)25(19(24-17)11-5-1-6-12-19)16-10-3-2-8-14(16)15-9-4-7-13-22-15/h2-4,7-10,13H,1,5-6,11-12H2,(H4,20,21,23,24). The van der Waals surface area contributed by atoms with Gasteiger partial charge in [-0.3, -0.25) is 9.88 Å². The lowest BCUT2D eigenvalue weighted by Gasteiger charge is -2.46. The predicted molar refractivity (Wildman–Crippen MR) is 101 cm³/mol. The van der Waals surface area contributed by atoms with Gasteiger partial charge in [-0.25, -0.2) is 4.99 Å². The van der Waals surface area contributed by atoms with Crippen LogP contribution in [-0.4, -0.2) is 22.6 Å². The van der Waals surface area contributed by atoms with Crippen LogP contribution in [0.15, 0.2) is 58.6 Å². The van der Waals surface area contributed by atoms with Crippen LogP contribution in [0, 0.1) is 0 Å². The highest BCUT2D eigenvalue weighted by Crippen LogP contribution is 2.42. The van der Waals surface area contributed by atoms with Gasteiger partial charge in [0, 0.05) is 11.8 Å². The third-order valence-corrected chi connectivity index (χ3v) is 4.94. The Kier molecular flexibility index (Phi) is 3.87. The number of pyridine rings is 1. The minimum atomic E-state index is -0.445. The Morgan fingerprint density at radius 1 is 0.920 bits per heavy atom. The maximum atomic E-state index is 6.35. The first-order valence-corrected chi connectivity index (χ1v) is 8.70. The number of benzene rings is 1. The van der Waals surface area contributed by atoms with E-state index in [0.717, 1.165) is 42.6 Å². The van der Waals surface area contributed by atoms with Crippen LogP contribution in [-0.2, 0) is 0 Å². The van der Waals surface area contributed by atoms with Crippen molar-refractivity contribution in [3.8, 4) is 11.3 Å². The number of nitrogens with zero attached hydrogens (tertiary/aromatic N) is 4. The summed E-state index contributed by atoms with van der Waals surface area (Å²) in [5.41, 5.74) is 14.8. The van der Waals surface area contributed by atoms with Gasteiger partial charge in [0.2, 0.25) is 11.9 Å². The molecule has 1 aliphatic carbocycles. The molecule has 6 heteroatoms. The van der Waals surface area contributed by atoms with Crippen molar-refractivity contribution in [2.45, 2.75) is 37.8 Å². The quantitative estimate of drug-likeness (QED) is 0.883. The molecule has 6 nitrogen and oxygen atoms in total. The molecule has 1 aromatic carbocycles. The Morgan fingerprint density at radius 3 is 2.44 bits per heavy atom. The molecule has 4 rings (SSSR count). The summed E-state index contributed by atoms with van der Waals surface area (Å²) in [6.45, 7) is 0. The van der Waals surface area contributed by atoms with Crippen molar-refractivity contribution in [1.29, 1.82) is 0 Å². The van der Waals surface area contributed by atoms with Crippen LogP contribution >= 0.6 is 0 Å². The van der Waals surface area contributed by atoms with E-state index in [-0.39, 0.29) is 5.96 Å². The number of aliphatic imine (C=N–C) groups is 2. The van der Waals surface area contributed by atoms with Crippen LogP contribution < -0.4 is 16.4 Å². The molecule has 0 atom stereocenters. The SMILES string of the molecule is NC1=NC2(CCCCC2)N(c2ccccc2-c2ccccn2)C(N)=N1. The number of anilines is 1. The van der Waals surface area contributed by atoms with Gasteiger partial charge in [-0.2, -0.15) is 4.99 Å². The number of rotatable bonds is 2. The monoisotopic (exact) mass is 334 g/mol. The maximum Gasteiger partial charge on any atom is 0.220 e. The molecule has 1 aliphatic heterocycles. The zero-order valence-corrected chi connectivity index (χ0v) is 14.1. The number of hydrogen-bond donors (Lipinski definition) is 2. The normalized spacial score (nSPS) is 19.4. The molecule has 2 aromatic rings. The summed E-state index contributed by atoms with van der Waals surface area (Å²) in [7, 11) is 0. The maximum absolute atomic E-state index is 6.35. The van der Waals surface area contributed by atoms with Crippen molar-refractivity contribution in [1.82, 2.24) is 4.98 Å². The largest absolute Gasteiger partial charge is 0.369 e. The lowest BCUT2D eigenvalue weighted by atomic mass is 9.86. The van der Waals surface area contributed by atoms with Crippen molar-refractivity contribution in [3.05, 3.63) is 48.7 Å². The van der Waals surface area contributed by atoms with E-state index in [1.165, 1.54) is 6.42 Å². The molecule has 0 radical (unpaired) electrons. The molecule has 1 fully saturated rings. The summed E-state index contributed by atoms with van der Waals surface area (Å²) < 4.78 is 0. The van der Waals surface area contributed by atoms with Gasteiger partial charge < -0.3 is 11.5 Å². The average molecular weight is 334 g/mol. The van der Waals surface area contributed by atoms with Crippen LogP contribution in [0.1, 0.15) is 32.1 Å². The summed E-state index contributed by atoms with van der Waals surface area (Å²) in [5.74, 6) is 0.670. The number of nitrogens with two attached hydrogens (primary N) is 2. The highest BCUT2D eigenvalue weighted by atomic mass is 15.4. The zero-order valence-electron chi connectivity index (χ0n) is 14.1. The first kappa shape index (κ1) is 15.6. The van der Waals surface area contributed by atoms with Gasteiger partial charge in [-0.15, -0.1) is 0 Å². The van der Waals surface area contributed by atoms with E-state index in [9.17, 15) is 0 Å². The second-order valence-electron chi connectivity index (χ2n) is 6.55. The van der Waals surface area contributed by atoms with E-state index >= 15 is 0 Å². The molecule has 1 saturated carbocycles. The summed E-state index contributed by atoms with van der Waals surface area (Å²) in [4.78, 5) is 15.6. The third-order valence-electron chi connectivity index (χ3n) is 4.94. The molecule has 0 bridgehead atoms. The first-order chi connectivity index (χ1) is 12.2. The molecule has 2 aliphatic rings. The molecular formula is C19H22N6. The number of guanidine groups is 2. The highest BCUT2D eigenvalue weighted by Gasteiger charge is 2.43. The van der Waals surface area contributed by atoms with E-state index in [1.807, 2.05) is 30.3 Å². The highest BCUT2D eigenvalue weighted by molar-refractivity contribution is 6.07. The molecule has 0 saturated heterocycles. The number of aromatic nitrogens is 1. The molecule has 128 valence electrons. The zero-order chi connectivity index (χ0) is 17.3. The molecule has 0 amide bonds. The molecule has 25 heavy (non-hydrogen) atoms. The van der Waals surface area contributed by atoms with Gasteiger partial charge in [0.15, 0.2) is 0 Å². The minimum absolute atomic E-state index is 0.269. The van der Waals surface area contributed by atoms with E-state index in [0.29, 0.717) is 5.96 Å². The smallest absolute Gasteiger partial charge is 0.220 e. The summed E-state index contributed by atoms with van der Waals surface area (Å²) in [6.07, 6.45) is 7.05. The second-order valence-corrected chi connectivity index (χ2v) is 6.55. The van der Waals surface area contributed by atoms with Gasteiger partial charge in [0.25, 0.3) is 0 Å². The van der Waals surface area contributed by atoms with Crippen LogP contribution in [0.3, 0.4) is 0 Å². The van der Waals surface area contributed by atoms with Gasteiger partial charge in [0.1, 0.15) is 5.66 Å². The van der Waals surface area contributed by atoms with Crippen LogP contribution in [0.25, 0.3) is 11.3 Å². The van der Waals surface area contributed by atoms with Gasteiger partial charge >= 0.3 is 0 Å². The number of hydrogen-bond acceptors (Lipinski definition) is 6. The summed E-state index contributed by atoms with van der Waals surface area (Å²) in [6, 6.07) is 14.0. The average Bonchev–Trinajstić information content (AvgIpc) is 2.63. The Morgan fingerprint density at radius 2 is 1.68 bits per heavy atom. The van der Waals surface area contributed by atoms with Crippen LogP contribution in [0.2, 0.25) is 0 Å². The van der Waals surface area contributed by atoms with Crippen molar-refractivity contribution in [2.75, 3.05) is 4.90 Å². The third kappa shape index (κ3) is 2.73. The molecular weight excluding hydrogens is 312 g/mol. The fraction of sp³-hybridized carbons (Fsp3) is 0.316. The summed E-state index contributed by atoms with van der Waals surface area (Å²) in [5, 5.41) is 0. The van der Waals surface area contributed by atoms with E-state index in [1.54, 1.807) is 6.20 Å². The molecule has 2 heterocycles. The lowest BCUT2D eigenvalue weighted by molar-refractivity contribution is 0.305. The van der Waals surface area contributed by atoms with Crippen molar-refractivity contribution in [3.63, 3.8) is 0 Å². The Bertz CT molecular complexity index is 821. The first-order valence-electron chi connectivity index (χ1n) is 8.70. The molecule has 0 unspecified atom stereocenters. The summed E-state index contributed by atoms with van der Waals surface area (Å²) >= 11 is 0. The Hall–Kier alpha value is -2.89. The van der Waals surface area contributed by atoms with Crippen molar-refractivity contribution in [2.24, 2.45) is 21.5 Å². The predicted octanol–water partition coefficient (Wildman–Crippen LogP) is 2.86. The molecule has 1 spiro atoms. The molecule has 4 N–H and O–H groups in total. The van der Waals surface area contributed by atoms with Crippen LogP contribution in [0.5, 0.6) is 0 Å². The van der Waals surface area contributed by atoms with Crippen molar-refractivity contribution >= 4 is 17.6 Å². The lowest BCUT2D eigenvalue weighted by Crippen LogP contribution is -2.58.